The van der Waals surface area contributed by atoms with Crippen molar-refractivity contribution in [3.05, 3.63) is 51.0 Å². The Hall–Kier alpha value is -1.19. The summed E-state index contributed by atoms with van der Waals surface area (Å²) in [5.74, 6) is 1.13. The summed E-state index contributed by atoms with van der Waals surface area (Å²) in [4.78, 5) is 6.56. The molecule has 0 saturated carbocycles. The zero-order valence-electron chi connectivity index (χ0n) is 12.3. The van der Waals surface area contributed by atoms with Gasteiger partial charge in [0, 0.05) is 23.3 Å². The van der Waals surface area contributed by atoms with E-state index in [1.165, 1.54) is 58.8 Å². The van der Waals surface area contributed by atoms with E-state index in [9.17, 15) is 0 Å². The fourth-order valence-corrected chi connectivity index (χ4v) is 5.17. The summed E-state index contributed by atoms with van der Waals surface area (Å²) in [7, 11) is 0. The second-order valence-corrected chi connectivity index (χ2v) is 7.51. The number of benzene rings is 1. The van der Waals surface area contributed by atoms with E-state index in [2.05, 4.69) is 24.3 Å². The Bertz CT molecular complexity index is 646. The van der Waals surface area contributed by atoms with Crippen LogP contribution in [0.2, 0.25) is 0 Å². The number of nitrogens with two attached hydrogens (primary N) is 1. The van der Waals surface area contributed by atoms with E-state index < -0.39 is 0 Å². The molecule has 1 heterocycles. The molecule has 2 atom stereocenters. The van der Waals surface area contributed by atoms with Gasteiger partial charge in [-0.3, -0.25) is 0 Å². The first-order valence-corrected chi connectivity index (χ1v) is 8.93. The van der Waals surface area contributed by atoms with E-state index in [0.717, 1.165) is 13.0 Å². The molecule has 2 aliphatic rings. The first-order valence-electron chi connectivity index (χ1n) is 8.11. The lowest BCUT2D eigenvalue weighted by molar-refractivity contribution is 0.543. The van der Waals surface area contributed by atoms with Gasteiger partial charge >= 0.3 is 0 Å². The zero-order chi connectivity index (χ0) is 14.2. The summed E-state index contributed by atoms with van der Waals surface area (Å²) in [5, 5.41) is 1.37. The molecule has 0 saturated heterocycles. The van der Waals surface area contributed by atoms with Gasteiger partial charge in [0.05, 0.1) is 10.7 Å². The third kappa shape index (κ3) is 2.43. The zero-order valence-corrected chi connectivity index (χ0v) is 13.2. The molecule has 0 aliphatic heterocycles. The predicted molar refractivity (Wildman–Crippen MR) is 88.1 cm³/mol. The molecule has 0 radical (unpaired) electrons. The van der Waals surface area contributed by atoms with Crippen molar-refractivity contribution in [2.75, 3.05) is 6.54 Å². The van der Waals surface area contributed by atoms with Crippen LogP contribution in [0.25, 0.3) is 0 Å². The van der Waals surface area contributed by atoms with E-state index in [1.54, 1.807) is 0 Å². The Kier molecular flexibility index (Phi) is 3.56. The van der Waals surface area contributed by atoms with E-state index in [1.807, 2.05) is 11.3 Å². The number of thiazole rings is 1. The van der Waals surface area contributed by atoms with Crippen LogP contribution in [0.3, 0.4) is 0 Å². The van der Waals surface area contributed by atoms with Gasteiger partial charge in [0.1, 0.15) is 0 Å². The summed E-state index contributed by atoms with van der Waals surface area (Å²) in [6.07, 6.45) is 7.33. The summed E-state index contributed by atoms with van der Waals surface area (Å²) in [5.41, 5.74) is 10.3. The maximum absolute atomic E-state index is 5.93. The van der Waals surface area contributed by atoms with Gasteiger partial charge in [-0.1, -0.05) is 24.3 Å². The van der Waals surface area contributed by atoms with Crippen molar-refractivity contribution in [2.45, 2.75) is 50.4 Å². The highest BCUT2D eigenvalue weighted by molar-refractivity contribution is 7.11. The minimum Gasteiger partial charge on any atom is -0.330 e. The van der Waals surface area contributed by atoms with Gasteiger partial charge < -0.3 is 5.73 Å². The van der Waals surface area contributed by atoms with Gasteiger partial charge in [-0.15, -0.1) is 11.3 Å². The van der Waals surface area contributed by atoms with Crippen LogP contribution in [-0.4, -0.2) is 11.5 Å². The molecule has 0 amide bonds. The van der Waals surface area contributed by atoms with Crippen LogP contribution in [0.4, 0.5) is 0 Å². The summed E-state index contributed by atoms with van der Waals surface area (Å²) >= 11 is 1.97. The Labute approximate surface area is 130 Å². The van der Waals surface area contributed by atoms with Crippen molar-refractivity contribution in [3.8, 4) is 0 Å². The standard InChI is InChI=1S/C18H22N2S/c19-11-15-6-3-7-16-17(15)20-18(21-16)14-9-8-12-4-1-2-5-13(12)10-14/h1-2,4-5,14-15H,3,6-11,19H2. The number of nitrogens with zero attached hydrogens (tertiary/aromatic N) is 1. The van der Waals surface area contributed by atoms with Crippen LogP contribution < -0.4 is 5.73 Å². The van der Waals surface area contributed by atoms with Crippen LogP contribution in [0.5, 0.6) is 0 Å². The summed E-state index contributed by atoms with van der Waals surface area (Å²) < 4.78 is 0. The number of rotatable bonds is 2. The maximum Gasteiger partial charge on any atom is 0.0965 e. The van der Waals surface area contributed by atoms with Crippen molar-refractivity contribution in [3.63, 3.8) is 0 Å². The third-order valence-electron chi connectivity index (χ3n) is 5.07. The molecule has 2 nitrogen and oxygen atoms in total. The number of aryl methyl sites for hydroxylation is 2. The Balaban J connectivity index is 1.62. The Morgan fingerprint density at radius 2 is 2.00 bits per heavy atom. The van der Waals surface area contributed by atoms with Gasteiger partial charge in [-0.2, -0.15) is 0 Å². The summed E-state index contributed by atoms with van der Waals surface area (Å²) in [6.45, 7) is 0.754. The molecule has 21 heavy (non-hydrogen) atoms. The molecule has 2 aromatic rings. The Morgan fingerprint density at radius 3 is 2.86 bits per heavy atom. The van der Waals surface area contributed by atoms with Crippen molar-refractivity contribution in [1.82, 2.24) is 4.98 Å². The molecule has 0 spiro atoms. The van der Waals surface area contributed by atoms with E-state index in [-0.39, 0.29) is 0 Å². The molecule has 2 aliphatic carbocycles. The lowest BCUT2D eigenvalue weighted by Gasteiger charge is -2.22. The lowest BCUT2D eigenvalue weighted by atomic mass is 9.84. The monoisotopic (exact) mass is 298 g/mol. The molecule has 2 N–H and O–H groups in total. The number of aromatic nitrogens is 1. The SMILES string of the molecule is NCC1CCCc2sc(C3CCc4ccccc4C3)nc21. The Morgan fingerprint density at radius 1 is 1.14 bits per heavy atom. The van der Waals surface area contributed by atoms with Gasteiger partial charge in [-0.05, 0) is 49.7 Å². The van der Waals surface area contributed by atoms with Crippen molar-refractivity contribution in [1.29, 1.82) is 0 Å². The number of hydrogen-bond donors (Lipinski definition) is 1. The molecule has 0 bridgehead atoms. The van der Waals surface area contributed by atoms with Crippen molar-refractivity contribution in [2.24, 2.45) is 5.73 Å². The second-order valence-electron chi connectivity index (χ2n) is 6.39. The predicted octanol–water partition coefficient (Wildman–Crippen LogP) is 3.79. The first-order chi connectivity index (χ1) is 10.3. The highest BCUT2D eigenvalue weighted by atomic mass is 32.1. The average molecular weight is 298 g/mol. The van der Waals surface area contributed by atoms with Gasteiger partial charge in [0.15, 0.2) is 0 Å². The molecule has 1 aromatic heterocycles. The average Bonchev–Trinajstić information content (AvgIpc) is 2.98. The van der Waals surface area contributed by atoms with Crippen LogP contribution in [0.1, 0.15) is 57.8 Å². The van der Waals surface area contributed by atoms with Gasteiger partial charge in [0.2, 0.25) is 0 Å². The molecular formula is C18H22N2S. The molecule has 4 rings (SSSR count). The minimum absolute atomic E-state index is 0.509. The molecule has 0 fully saturated rings. The van der Waals surface area contributed by atoms with Gasteiger partial charge in [-0.25, -0.2) is 4.98 Å². The molecule has 3 heteroatoms. The molecule has 1 aromatic carbocycles. The van der Waals surface area contributed by atoms with Crippen LogP contribution in [0, 0.1) is 0 Å². The molecular weight excluding hydrogens is 276 g/mol. The maximum atomic E-state index is 5.93. The van der Waals surface area contributed by atoms with Crippen LogP contribution in [-0.2, 0) is 19.3 Å². The topological polar surface area (TPSA) is 38.9 Å². The molecule has 2 unspecified atom stereocenters. The fourth-order valence-electron chi connectivity index (χ4n) is 3.84. The number of fused-ring (bicyclic) bond motifs is 2. The van der Waals surface area contributed by atoms with Crippen LogP contribution in [0.15, 0.2) is 24.3 Å². The highest BCUT2D eigenvalue weighted by Crippen LogP contribution is 2.40. The number of hydrogen-bond acceptors (Lipinski definition) is 3. The molecule has 110 valence electrons. The first kappa shape index (κ1) is 13.5. The van der Waals surface area contributed by atoms with E-state index >= 15 is 0 Å². The van der Waals surface area contributed by atoms with Crippen molar-refractivity contribution < 1.29 is 0 Å². The highest BCUT2D eigenvalue weighted by Gasteiger charge is 2.28. The van der Waals surface area contributed by atoms with Crippen molar-refractivity contribution >= 4 is 11.3 Å². The van der Waals surface area contributed by atoms with E-state index in [0.29, 0.717) is 11.8 Å². The fraction of sp³-hybridized carbons (Fsp3) is 0.500. The smallest absolute Gasteiger partial charge is 0.0965 e. The lowest BCUT2D eigenvalue weighted by Crippen LogP contribution is -2.18. The van der Waals surface area contributed by atoms with Gasteiger partial charge in [0.25, 0.3) is 0 Å². The largest absolute Gasteiger partial charge is 0.330 e. The van der Waals surface area contributed by atoms with E-state index in [4.69, 9.17) is 10.7 Å². The summed E-state index contributed by atoms with van der Waals surface area (Å²) in [6, 6.07) is 8.90. The quantitative estimate of drug-likeness (QED) is 0.916. The normalized spacial score (nSPS) is 24.4. The third-order valence-corrected chi connectivity index (χ3v) is 6.36. The van der Waals surface area contributed by atoms with Crippen LogP contribution >= 0.6 is 11.3 Å². The second kappa shape index (κ2) is 5.54. The minimum atomic E-state index is 0.509.